The Labute approximate surface area is 198 Å². The average Bonchev–Trinajstić information content (AvgIpc) is 2.85. The Kier molecular flexibility index (Phi) is 6.76. The number of amides is 1. The summed E-state index contributed by atoms with van der Waals surface area (Å²) in [6.07, 6.45) is 5.47. The van der Waals surface area contributed by atoms with Gasteiger partial charge in [0.25, 0.3) is 10.0 Å². The van der Waals surface area contributed by atoms with Gasteiger partial charge in [-0.1, -0.05) is 24.6 Å². The zero-order chi connectivity index (χ0) is 24.3. The molecule has 1 aromatic heterocycles. The molecule has 2 fully saturated rings. The number of nitrogens with two attached hydrogens (primary N) is 1. The summed E-state index contributed by atoms with van der Waals surface area (Å²) in [6, 6.07) is 9.07. The Morgan fingerprint density at radius 1 is 1.03 bits per heavy atom. The number of carboxylic acid groups (broad SMARTS) is 1. The number of nitrogens with one attached hydrogen (secondary N) is 1. The lowest BCUT2D eigenvalue weighted by Crippen LogP contribution is -2.63. The quantitative estimate of drug-likeness (QED) is 0.537. The number of piperidine rings is 2. The van der Waals surface area contributed by atoms with Crippen LogP contribution in [-0.4, -0.2) is 67.0 Å². The number of likely N-dealkylation sites (tertiary alicyclic amines) is 1. The van der Waals surface area contributed by atoms with E-state index >= 15 is 0 Å². The van der Waals surface area contributed by atoms with Crippen LogP contribution in [0.15, 0.2) is 47.5 Å². The number of carboxylic acids is 1. The summed E-state index contributed by atoms with van der Waals surface area (Å²) in [5.41, 5.74) is 5.06. The molecule has 0 spiro atoms. The molecule has 182 valence electrons. The van der Waals surface area contributed by atoms with Crippen LogP contribution in [-0.2, 0) is 14.8 Å². The molecule has 1 amide bonds. The molecule has 0 unspecified atom stereocenters. The number of aromatic carboxylic acids is 1. The van der Waals surface area contributed by atoms with Crippen LogP contribution in [0.25, 0.3) is 0 Å². The fourth-order valence-electron chi connectivity index (χ4n) is 4.87. The summed E-state index contributed by atoms with van der Waals surface area (Å²) in [5.74, 6) is -1.32. The van der Waals surface area contributed by atoms with Crippen molar-refractivity contribution in [2.24, 2.45) is 5.73 Å². The van der Waals surface area contributed by atoms with Gasteiger partial charge >= 0.3 is 5.97 Å². The van der Waals surface area contributed by atoms with Crippen molar-refractivity contribution in [3.05, 3.63) is 48.2 Å². The fraction of sp³-hybridized carbons (Fsp3) is 0.435. The second-order valence-electron chi connectivity index (χ2n) is 8.75. The molecule has 2 aliphatic rings. The summed E-state index contributed by atoms with van der Waals surface area (Å²) < 4.78 is 27.6. The summed E-state index contributed by atoms with van der Waals surface area (Å²) in [5, 5.41) is 9.80. The van der Waals surface area contributed by atoms with Crippen molar-refractivity contribution >= 4 is 33.4 Å². The van der Waals surface area contributed by atoms with Gasteiger partial charge in [0.05, 0.1) is 16.8 Å². The smallest absolute Gasteiger partial charge is 0.339 e. The van der Waals surface area contributed by atoms with Gasteiger partial charge in [-0.2, -0.15) is 0 Å². The third-order valence-electron chi connectivity index (χ3n) is 6.71. The largest absolute Gasteiger partial charge is 0.478 e. The lowest BCUT2D eigenvalue weighted by Gasteiger charge is -2.48. The molecule has 1 aromatic carbocycles. The van der Waals surface area contributed by atoms with Crippen LogP contribution >= 0.6 is 0 Å². The predicted octanol–water partition coefficient (Wildman–Crippen LogP) is 1.89. The molecular weight excluding hydrogens is 458 g/mol. The second kappa shape index (κ2) is 9.59. The van der Waals surface area contributed by atoms with E-state index in [9.17, 15) is 23.1 Å². The van der Waals surface area contributed by atoms with Crippen LogP contribution in [0.1, 0.15) is 42.5 Å². The van der Waals surface area contributed by atoms with E-state index in [-0.39, 0.29) is 27.9 Å². The molecule has 34 heavy (non-hydrogen) atoms. The number of aromatic nitrogens is 1. The highest BCUT2D eigenvalue weighted by Gasteiger charge is 2.45. The number of carbonyl (C=O) groups excluding carboxylic acids is 1. The van der Waals surface area contributed by atoms with Crippen LogP contribution in [0, 0.1) is 0 Å². The van der Waals surface area contributed by atoms with Crippen molar-refractivity contribution in [2.45, 2.75) is 42.5 Å². The molecule has 0 radical (unpaired) electrons. The first-order valence-corrected chi connectivity index (χ1v) is 12.8. The highest BCUT2D eigenvalue weighted by atomic mass is 32.2. The van der Waals surface area contributed by atoms with Gasteiger partial charge in [0, 0.05) is 13.1 Å². The highest BCUT2D eigenvalue weighted by molar-refractivity contribution is 7.92. The maximum Gasteiger partial charge on any atom is 0.339 e. The zero-order valence-electron chi connectivity index (χ0n) is 18.8. The molecule has 0 atom stereocenters. The van der Waals surface area contributed by atoms with Gasteiger partial charge in [0.15, 0.2) is 0 Å². The third-order valence-corrected chi connectivity index (χ3v) is 8.11. The molecule has 11 heteroatoms. The van der Waals surface area contributed by atoms with E-state index in [1.54, 1.807) is 18.2 Å². The van der Waals surface area contributed by atoms with Crippen molar-refractivity contribution in [1.82, 2.24) is 9.88 Å². The number of hydrogen-bond acceptors (Lipinski definition) is 7. The topological polar surface area (TPSA) is 146 Å². The molecule has 4 rings (SSSR count). The van der Waals surface area contributed by atoms with Gasteiger partial charge in [-0.15, -0.1) is 0 Å². The molecule has 0 bridgehead atoms. The Balaban J connectivity index is 1.55. The number of carbonyl (C=O) groups is 2. The fourth-order valence-corrected chi connectivity index (χ4v) is 5.92. The summed E-state index contributed by atoms with van der Waals surface area (Å²) in [4.78, 5) is 32.8. The van der Waals surface area contributed by atoms with E-state index in [0.717, 1.165) is 32.4 Å². The molecule has 0 saturated carbocycles. The maximum absolute atomic E-state index is 12.6. The van der Waals surface area contributed by atoms with Crippen molar-refractivity contribution in [3.63, 3.8) is 0 Å². The standard InChI is InChI=1S/C23H29N5O5S/c24-22(31)23(28-11-5-2-6-12-28)9-13-27(14-10-23)20-19(21(29)30)15-17(16-25-20)26-34(32,33)18-7-3-1-4-8-18/h1,3-4,7-8,15-16,26H,2,5-6,9-14H2,(H2,24,31)(H,29,30). The Morgan fingerprint density at radius 3 is 2.26 bits per heavy atom. The summed E-state index contributed by atoms with van der Waals surface area (Å²) in [6.45, 7) is 2.50. The number of sulfonamides is 1. The number of anilines is 2. The van der Waals surface area contributed by atoms with Gasteiger partial charge in [-0.3, -0.25) is 14.4 Å². The van der Waals surface area contributed by atoms with E-state index in [0.29, 0.717) is 25.9 Å². The molecule has 0 aliphatic carbocycles. The number of primary amides is 1. The van der Waals surface area contributed by atoms with Crippen molar-refractivity contribution in [2.75, 3.05) is 35.8 Å². The Hall–Kier alpha value is -3.18. The lowest BCUT2D eigenvalue weighted by molar-refractivity contribution is -0.132. The van der Waals surface area contributed by atoms with Gasteiger partial charge in [-0.05, 0) is 57.0 Å². The Bertz CT molecular complexity index is 1160. The zero-order valence-corrected chi connectivity index (χ0v) is 19.6. The predicted molar refractivity (Wildman–Crippen MR) is 127 cm³/mol. The van der Waals surface area contributed by atoms with Gasteiger partial charge in [0.2, 0.25) is 5.91 Å². The van der Waals surface area contributed by atoms with Crippen molar-refractivity contribution in [1.29, 1.82) is 0 Å². The van der Waals surface area contributed by atoms with Crippen LogP contribution in [0.4, 0.5) is 11.5 Å². The Morgan fingerprint density at radius 2 is 1.68 bits per heavy atom. The van der Waals surface area contributed by atoms with Crippen LogP contribution in [0.3, 0.4) is 0 Å². The number of pyridine rings is 1. The summed E-state index contributed by atoms with van der Waals surface area (Å²) in [7, 11) is -3.88. The molecule has 3 heterocycles. The van der Waals surface area contributed by atoms with Crippen molar-refractivity contribution < 1.29 is 23.1 Å². The van der Waals surface area contributed by atoms with Gasteiger partial charge < -0.3 is 15.7 Å². The highest BCUT2D eigenvalue weighted by Crippen LogP contribution is 2.34. The van der Waals surface area contributed by atoms with Gasteiger partial charge in [0.1, 0.15) is 16.9 Å². The van der Waals surface area contributed by atoms with E-state index in [1.165, 1.54) is 24.4 Å². The number of rotatable bonds is 7. The molecule has 2 aliphatic heterocycles. The molecule has 2 saturated heterocycles. The van der Waals surface area contributed by atoms with E-state index in [2.05, 4.69) is 14.6 Å². The monoisotopic (exact) mass is 487 g/mol. The molecule has 4 N–H and O–H groups in total. The number of benzene rings is 1. The van der Waals surface area contributed by atoms with Gasteiger partial charge in [-0.25, -0.2) is 18.2 Å². The number of nitrogens with zero attached hydrogens (tertiary/aromatic N) is 3. The minimum atomic E-state index is -3.88. The third kappa shape index (κ3) is 4.71. The maximum atomic E-state index is 12.6. The van der Waals surface area contributed by atoms with Crippen LogP contribution in [0.2, 0.25) is 0 Å². The molecular formula is C23H29N5O5S. The normalized spacial score (nSPS) is 18.9. The van der Waals surface area contributed by atoms with E-state index in [1.807, 2.05) is 4.90 Å². The minimum Gasteiger partial charge on any atom is -0.478 e. The van der Waals surface area contributed by atoms with Crippen LogP contribution < -0.4 is 15.4 Å². The number of hydrogen-bond donors (Lipinski definition) is 3. The lowest BCUT2D eigenvalue weighted by atomic mass is 9.83. The SMILES string of the molecule is NC(=O)C1(N2CCCCC2)CCN(c2ncc(NS(=O)(=O)c3ccccc3)cc2C(=O)O)CC1. The first-order chi connectivity index (χ1) is 16.2. The first kappa shape index (κ1) is 24.0. The summed E-state index contributed by atoms with van der Waals surface area (Å²) >= 11 is 0. The van der Waals surface area contributed by atoms with Crippen LogP contribution in [0.5, 0.6) is 0 Å². The average molecular weight is 488 g/mol. The van der Waals surface area contributed by atoms with Crippen molar-refractivity contribution in [3.8, 4) is 0 Å². The molecule has 2 aromatic rings. The second-order valence-corrected chi connectivity index (χ2v) is 10.4. The minimum absolute atomic E-state index is 0.0572. The van der Waals surface area contributed by atoms with E-state index < -0.39 is 21.5 Å². The molecule has 10 nitrogen and oxygen atoms in total. The first-order valence-electron chi connectivity index (χ1n) is 11.3. The van der Waals surface area contributed by atoms with E-state index in [4.69, 9.17) is 5.73 Å².